The van der Waals surface area contributed by atoms with Crippen molar-refractivity contribution < 1.29 is 9.53 Å². The third-order valence-corrected chi connectivity index (χ3v) is 4.99. The molecule has 0 bridgehead atoms. The van der Waals surface area contributed by atoms with Gasteiger partial charge in [-0.1, -0.05) is 23.9 Å². The number of nitrogens with zero attached hydrogens (tertiary/aromatic N) is 1. The van der Waals surface area contributed by atoms with Crippen LogP contribution in [0, 0.1) is 0 Å². The first kappa shape index (κ1) is 19.0. The summed E-state index contributed by atoms with van der Waals surface area (Å²) in [6, 6.07) is 11.3. The highest BCUT2D eigenvalue weighted by molar-refractivity contribution is 8.05. The Balaban J connectivity index is 1.50. The van der Waals surface area contributed by atoms with Gasteiger partial charge in [0, 0.05) is 30.3 Å². The Labute approximate surface area is 163 Å². The summed E-state index contributed by atoms with van der Waals surface area (Å²) in [6.07, 6.45) is 6.46. The van der Waals surface area contributed by atoms with E-state index in [1.54, 1.807) is 23.9 Å². The Kier molecular flexibility index (Phi) is 6.49. The fourth-order valence-electron chi connectivity index (χ4n) is 2.53. The maximum atomic E-state index is 11.1. The monoisotopic (exact) mass is 379 g/mol. The van der Waals surface area contributed by atoms with Crippen molar-refractivity contribution in [3.8, 4) is 11.6 Å². The first-order valence-corrected chi connectivity index (χ1v) is 9.53. The van der Waals surface area contributed by atoms with E-state index in [0.29, 0.717) is 17.2 Å². The van der Waals surface area contributed by atoms with Crippen LogP contribution in [0.3, 0.4) is 0 Å². The maximum absolute atomic E-state index is 11.1. The molecule has 1 aromatic carbocycles. The molecule has 3 N–H and O–H groups in total. The van der Waals surface area contributed by atoms with Gasteiger partial charge < -0.3 is 15.8 Å². The van der Waals surface area contributed by atoms with Crippen molar-refractivity contribution in [2.45, 2.75) is 19.4 Å². The van der Waals surface area contributed by atoms with E-state index < -0.39 is 5.91 Å². The summed E-state index contributed by atoms with van der Waals surface area (Å²) in [5.74, 6) is 0.596. The van der Waals surface area contributed by atoms with Gasteiger partial charge in [0.25, 0.3) is 0 Å². The van der Waals surface area contributed by atoms with Crippen LogP contribution in [-0.2, 0) is 0 Å². The number of thioether (sulfide) groups is 1. The second-order valence-electron chi connectivity index (χ2n) is 6.05. The number of nitrogens with one attached hydrogen (secondary N) is 1. The molecule has 27 heavy (non-hydrogen) atoms. The normalized spacial score (nSPS) is 13.9. The predicted molar refractivity (Wildman–Crippen MR) is 109 cm³/mol. The lowest BCUT2D eigenvalue weighted by Gasteiger charge is -2.15. The molecule has 1 aromatic heterocycles. The molecule has 1 atom stereocenters. The van der Waals surface area contributed by atoms with Crippen molar-refractivity contribution in [1.82, 2.24) is 10.3 Å². The highest BCUT2D eigenvalue weighted by Gasteiger charge is 2.07. The topological polar surface area (TPSA) is 77.2 Å². The molecule has 0 spiro atoms. The van der Waals surface area contributed by atoms with Crippen LogP contribution < -0.4 is 15.8 Å². The average Bonchev–Trinajstić information content (AvgIpc) is 2.70. The van der Waals surface area contributed by atoms with Crippen LogP contribution in [-0.4, -0.2) is 17.4 Å². The number of nitrogens with two attached hydrogens (primary N) is 1. The second kappa shape index (κ2) is 9.24. The molecule has 1 unspecified atom stereocenters. The summed E-state index contributed by atoms with van der Waals surface area (Å²) < 4.78 is 5.70. The number of ether oxygens (including phenoxy) is 1. The number of benzene rings is 1. The number of hydrogen-bond donors (Lipinski definition) is 2. The van der Waals surface area contributed by atoms with E-state index in [-0.39, 0.29) is 6.04 Å². The lowest BCUT2D eigenvalue weighted by Crippen LogP contribution is -2.20. The second-order valence-corrected chi connectivity index (χ2v) is 7.04. The summed E-state index contributed by atoms with van der Waals surface area (Å²) >= 11 is 1.72. The van der Waals surface area contributed by atoms with E-state index in [0.717, 1.165) is 13.0 Å². The van der Waals surface area contributed by atoms with Gasteiger partial charge in [0.1, 0.15) is 5.75 Å². The zero-order valence-electron chi connectivity index (χ0n) is 15.0. The van der Waals surface area contributed by atoms with Gasteiger partial charge in [-0.25, -0.2) is 4.98 Å². The number of allylic oxidation sites excluding steroid dienone is 2. The SMILES string of the molecule is CC(NCCC1=CC=C=CS1)c1ccc(Oc2ccc(C(N)=O)cn2)cc1. The lowest BCUT2D eigenvalue weighted by molar-refractivity contribution is 0.1000. The Hall–Kier alpha value is -2.79. The van der Waals surface area contributed by atoms with Crippen LogP contribution in [0.2, 0.25) is 0 Å². The number of amides is 1. The van der Waals surface area contributed by atoms with Crippen molar-refractivity contribution in [3.05, 3.63) is 81.9 Å². The molecule has 0 saturated heterocycles. The molecule has 0 fully saturated rings. The quantitative estimate of drug-likeness (QED) is 0.668. The minimum Gasteiger partial charge on any atom is -0.439 e. The Morgan fingerprint density at radius 3 is 2.74 bits per heavy atom. The summed E-state index contributed by atoms with van der Waals surface area (Å²) in [5, 5.41) is 5.51. The first-order valence-electron chi connectivity index (χ1n) is 8.65. The highest BCUT2D eigenvalue weighted by Crippen LogP contribution is 2.24. The van der Waals surface area contributed by atoms with Gasteiger partial charge in [0.05, 0.1) is 5.56 Å². The standard InChI is InChI=1S/C21H21N3O2S/c1-15(23-12-11-19-4-2-3-13-27-19)16-5-8-18(9-6-16)26-20-10-7-17(14-24-20)21(22)25/h2,4-10,13-15,23H,11-12H2,1H3,(H2,22,25). The Morgan fingerprint density at radius 1 is 1.30 bits per heavy atom. The van der Waals surface area contributed by atoms with Crippen molar-refractivity contribution in [2.24, 2.45) is 5.73 Å². The van der Waals surface area contributed by atoms with Gasteiger partial charge in [0.15, 0.2) is 0 Å². The van der Waals surface area contributed by atoms with Crippen LogP contribution in [0.5, 0.6) is 11.6 Å². The van der Waals surface area contributed by atoms with Gasteiger partial charge >= 0.3 is 0 Å². The molecule has 1 aliphatic heterocycles. The Bertz CT molecular complexity index is 883. The number of carbonyl (C=O) groups is 1. The molecule has 2 aromatic rings. The molecule has 0 aliphatic carbocycles. The van der Waals surface area contributed by atoms with Crippen molar-refractivity contribution in [3.63, 3.8) is 0 Å². The predicted octanol–water partition coefficient (Wildman–Crippen LogP) is 4.31. The molecule has 0 saturated carbocycles. The minimum atomic E-state index is -0.508. The van der Waals surface area contributed by atoms with Gasteiger partial charge in [-0.3, -0.25) is 4.79 Å². The summed E-state index contributed by atoms with van der Waals surface area (Å²) in [4.78, 5) is 16.5. The smallest absolute Gasteiger partial charge is 0.250 e. The fourth-order valence-corrected chi connectivity index (χ4v) is 3.20. The Morgan fingerprint density at radius 2 is 2.11 bits per heavy atom. The molecule has 5 nitrogen and oxygen atoms in total. The summed E-state index contributed by atoms with van der Waals surface area (Å²) in [6.45, 7) is 3.05. The number of hydrogen-bond acceptors (Lipinski definition) is 5. The summed E-state index contributed by atoms with van der Waals surface area (Å²) in [7, 11) is 0. The number of primary amides is 1. The van der Waals surface area contributed by atoms with Crippen LogP contribution in [0.25, 0.3) is 0 Å². The van der Waals surface area contributed by atoms with E-state index in [1.807, 2.05) is 35.7 Å². The van der Waals surface area contributed by atoms with Crippen molar-refractivity contribution in [2.75, 3.05) is 6.54 Å². The first-order chi connectivity index (χ1) is 13.1. The zero-order chi connectivity index (χ0) is 19.1. The lowest BCUT2D eigenvalue weighted by atomic mass is 10.1. The number of pyridine rings is 1. The van der Waals surface area contributed by atoms with Crippen molar-refractivity contribution >= 4 is 17.7 Å². The number of rotatable bonds is 8. The number of carbonyl (C=O) groups excluding carboxylic acids is 1. The van der Waals surface area contributed by atoms with Crippen LogP contribution in [0.4, 0.5) is 0 Å². The van der Waals surface area contributed by atoms with E-state index in [2.05, 4.69) is 29.0 Å². The molecule has 138 valence electrons. The van der Waals surface area contributed by atoms with Crippen LogP contribution >= 0.6 is 11.8 Å². The molecule has 1 aliphatic rings. The van der Waals surface area contributed by atoms with Gasteiger partial charge in [-0.05, 0) is 54.2 Å². The molecule has 3 rings (SSSR count). The zero-order valence-corrected chi connectivity index (χ0v) is 15.8. The molecule has 2 heterocycles. The highest BCUT2D eigenvalue weighted by atomic mass is 32.2. The molecular formula is C21H21N3O2S. The summed E-state index contributed by atoms with van der Waals surface area (Å²) in [5.41, 5.74) is 9.79. The van der Waals surface area contributed by atoms with E-state index in [1.165, 1.54) is 16.7 Å². The largest absolute Gasteiger partial charge is 0.439 e. The fraction of sp³-hybridized carbons (Fsp3) is 0.190. The van der Waals surface area contributed by atoms with Gasteiger partial charge in [0.2, 0.25) is 11.8 Å². The van der Waals surface area contributed by atoms with Gasteiger partial charge in [-0.15, -0.1) is 5.73 Å². The van der Waals surface area contributed by atoms with Crippen molar-refractivity contribution in [1.29, 1.82) is 0 Å². The minimum absolute atomic E-state index is 0.243. The third-order valence-electron chi connectivity index (χ3n) is 4.09. The molecular weight excluding hydrogens is 358 g/mol. The van der Waals surface area contributed by atoms with E-state index in [4.69, 9.17) is 10.5 Å². The molecule has 6 heteroatoms. The number of aromatic nitrogens is 1. The van der Waals surface area contributed by atoms with E-state index in [9.17, 15) is 4.79 Å². The maximum Gasteiger partial charge on any atom is 0.250 e. The molecule has 1 amide bonds. The average molecular weight is 379 g/mol. The van der Waals surface area contributed by atoms with Crippen LogP contribution in [0.15, 0.2) is 70.8 Å². The van der Waals surface area contributed by atoms with Gasteiger partial charge in [-0.2, -0.15) is 0 Å². The third kappa shape index (κ3) is 5.59. The molecule has 0 radical (unpaired) electrons. The van der Waals surface area contributed by atoms with Crippen LogP contribution in [0.1, 0.15) is 35.3 Å². The van der Waals surface area contributed by atoms with E-state index >= 15 is 0 Å².